The van der Waals surface area contributed by atoms with Crippen molar-refractivity contribution in [1.29, 1.82) is 0 Å². The number of nitrogens with zero attached hydrogens (tertiary/aromatic N) is 2. The van der Waals surface area contributed by atoms with Gasteiger partial charge in [0.2, 0.25) is 15.9 Å². The van der Waals surface area contributed by atoms with Crippen molar-refractivity contribution < 1.29 is 17.9 Å². The molecular formula is C13H16Cl2N2O4S. The van der Waals surface area contributed by atoms with Gasteiger partial charge in [-0.3, -0.25) is 4.79 Å². The van der Waals surface area contributed by atoms with Gasteiger partial charge in [0.05, 0.1) is 12.1 Å². The van der Waals surface area contributed by atoms with Gasteiger partial charge in [0.25, 0.3) is 0 Å². The van der Waals surface area contributed by atoms with E-state index in [0.29, 0.717) is 13.1 Å². The number of ether oxygens (including phenoxy) is 1. The number of benzene rings is 1. The van der Waals surface area contributed by atoms with Gasteiger partial charge in [0, 0.05) is 38.1 Å². The lowest BCUT2D eigenvalue weighted by molar-refractivity contribution is -0.129. The Balaban J connectivity index is 2.34. The Kier molecular flexibility index (Phi) is 5.21. The number of hydrogen-bond acceptors (Lipinski definition) is 4. The minimum Gasteiger partial charge on any atom is -0.494 e. The molecule has 1 heterocycles. The summed E-state index contributed by atoms with van der Waals surface area (Å²) in [5.74, 6) is 0.000456. The molecule has 0 atom stereocenters. The first-order chi connectivity index (χ1) is 10.3. The first kappa shape index (κ1) is 17.3. The van der Waals surface area contributed by atoms with Crippen molar-refractivity contribution in [2.45, 2.75) is 11.8 Å². The van der Waals surface area contributed by atoms with Crippen LogP contribution in [0.3, 0.4) is 0 Å². The van der Waals surface area contributed by atoms with E-state index in [9.17, 15) is 13.2 Å². The molecule has 0 aliphatic carbocycles. The molecule has 1 amide bonds. The Morgan fingerprint density at radius 2 is 1.77 bits per heavy atom. The van der Waals surface area contributed by atoms with Gasteiger partial charge >= 0.3 is 0 Å². The van der Waals surface area contributed by atoms with Crippen LogP contribution in [0.15, 0.2) is 17.0 Å². The maximum Gasteiger partial charge on any atom is 0.246 e. The summed E-state index contributed by atoms with van der Waals surface area (Å²) >= 11 is 11.9. The fourth-order valence-electron chi connectivity index (χ4n) is 2.31. The van der Waals surface area contributed by atoms with Gasteiger partial charge in [-0.2, -0.15) is 4.31 Å². The second kappa shape index (κ2) is 6.62. The van der Waals surface area contributed by atoms with Crippen molar-refractivity contribution in [3.05, 3.63) is 22.2 Å². The van der Waals surface area contributed by atoms with Crippen molar-refractivity contribution in [2.75, 3.05) is 33.3 Å². The highest BCUT2D eigenvalue weighted by molar-refractivity contribution is 7.89. The Bertz CT molecular complexity index is 686. The van der Waals surface area contributed by atoms with Crippen LogP contribution in [-0.4, -0.2) is 56.8 Å². The van der Waals surface area contributed by atoms with E-state index in [0.717, 1.165) is 0 Å². The number of carbonyl (C=O) groups is 1. The Morgan fingerprint density at radius 1 is 1.18 bits per heavy atom. The predicted octanol–water partition coefficient (Wildman–Crippen LogP) is 1.85. The third-order valence-corrected chi connectivity index (χ3v) is 5.88. The van der Waals surface area contributed by atoms with Crippen molar-refractivity contribution in [2.24, 2.45) is 0 Å². The second-order valence-electron chi connectivity index (χ2n) is 4.83. The smallest absolute Gasteiger partial charge is 0.246 e. The molecule has 1 fully saturated rings. The SMILES string of the molecule is COc1c(Cl)cc(Cl)cc1S(=O)(=O)N1CCN(C(C)=O)CC1. The van der Waals surface area contributed by atoms with Gasteiger partial charge < -0.3 is 9.64 Å². The van der Waals surface area contributed by atoms with Gasteiger partial charge in [-0.15, -0.1) is 0 Å². The van der Waals surface area contributed by atoms with Crippen LogP contribution in [0.25, 0.3) is 0 Å². The monoisotopic (exact) mass is 366 g/mol. The standard InChI is InChI=1S/C13H16Cl2N2O4S/c1-9(18)16-3-5-17(6-4-16)22(19,20)12-8-10(14)7-11(15)13(12)21-2/h7-8H,3-6H2,1-2H3. The highest BCUT2D eigenvalue weighted by atomic mass is 35.5. The Labute approximate surface area is 139 Å². The molecule has 1 saturated heterocycles. The van der Waals surface area contributed by atoms with Crippen LogP contribution in [0, 0.1) is 0 Å². The van der Waals surface area contributed by atoms with Crippen LogP contribution in [0.1, 0.15) is 6.92 Å². The number of rotatable bonds is 3. The molecule has 22 heavy (non-hydrogen) atoms. The number of sulfonamides is 1. The van der Waals surface area contributed by atoms with Crippen LogP contribution in [0.2, 0.25) is 10.0 Å². The summed E-state index contributed by atoms with van der Waals surface area (Å²) < 4.78 is 32.0. The largest absolute Gasteiger partial charge is 0.494 e. The van der Waals surface area contributed by atoms with E-state index >= 15 is 0 Å². The molecule has 1 aromatic carbocycles. The zero-order valence-electron chi connectivity index (χ0n) is 12.2. The van der Waals surface area contributed by atoms with E-state index in [-0.39, 0.29) is 39.7 Å². The summed E-state index contributed by atoms with van der Waals surface area (Å²) in [5, 5.41) is 0.350. The number of piperazine rings is 1. The van der Waals surface area contributed by atoms with E-state index in [2.05, 4.69) is 0 Å². The summed E-state index contributed by atoms with van der Waals surface area (Å²) in [6.07, 6.45) is 0. The van der Waals surface area contributed by atoms with E-state index in [4.69, 9.17) is 27.9 Å². The lowest BCUT2D eigenvalue weighted by Gasteiger charge is -2.33. The number of carbonyl (C=O) groups excluding carboxylic acids is 1. The first-order valence-corrected chi connectivity index (χ1v) is 8.75. The van der Waals surface area contributed by atoms with Crippen molar-refractivity contribution in [3.8, 4) is 5.75 Å². The summed E-state index contributed by atoms with van der Waals surface area (Å²) in [5.41, 5.74) is 0. The maximum absolute atomic E-state index is 12.8. The minimum absolute atomic E-state index is 0.0659. The van der Waals surface area contributed by atoms with Crippen LogP contribution < -0.4 is 4.74 Å². The fraction of sp³-hybridized carbons (Fsp3) is 0.462. The molecule has 0 bridgehead atoms. The summed E-state index contributed by atoms with van der Waals surface area (Å²) in [6.45, 7) is 2.60. The highest BCUT2D eigenvalue weighted by Gasteiger charge is 2.32. The normalized spacial score (nSPS) is 16.6. The van der Waals surface area contributed by atoms with Gasteiger partial charge in [-0.25, -0.2) is 8.42 Å². The number of hydrogen-bond donors (Lipinski definition) is 0. The lowest BCUT2D eigenvalue weighted by atomic mass is 10.3. The fourth-order valence-corrected chi connectivity index (χ4v) is 4.63. The third-order valence-electron chi connectivity index (χ3n) is 3.48. The molecule has 1 aliphatic rings. The molecular weight excluding hydrogens is 351 g/mol. The molecule has 0 N–H and O–H groups in total. The topological polar surface area (TPSA) is 66.9 Å². The average molecular weight is 367 g/mol. The molecule has 122 valence electrons. The van der Waals surface area contributed by atoms with E-state index in [1.54, 1.807) is 4.90 Å². The quantitative estimate of drug-likeness (QED) is 0.818. The zero-order chi connectivity index (χ0) is 16.5. The molecule has 0 spiro atoms. The zero-order valence-corrected chi connectivity index (χ0v) is 14.5. The highest BCUT2D eigenvalue weighted by Crippen LogP contribution is 2.36. The Morgan fingerprint density at radius 3 is 2.27 bits per heavy atom. The Hall–Kier alpha value is -1.02. The molecule has 0 saturated carbocycles. The predicted molar refractivity (Wildman–Crippen MR) is 84.0 cm³/mol. The van der Waals surface area contributed by atoms with Crippen LogP contribution >= 0.6 is 23.2 Å². The first-order valence-electron chi connectivity index (χ1n) is 6.56. The number of halogens is 2. The number of amides is 1. The molecule has 9 heteroatoms. The molecule has 6 nitrogen and oxygen atoms in total. The maximum atomic E-state index is 12.8. The van der Waals surface area contributed by atoms with Crippen LogP contribution in [0.4, 0.5) is 0 Å². The minimum atomic E-state index is -3.80. The molecule has 2 rings (SSSR count). The molecule has 1 aromatic rings. The van der Waals surface area contributed by atoms with E-state index < -0.39 is 10.0 Å². The van der Waals surface area contributed by atoms with Gasteiger partial charge in [-0.05, 0) is 12.1 Å². The van der Waals surface area contributed by atoms with Crippen molar-refractivity contribution in [3.63, 3.8) is 0 Å². The average Bonchev–Trinajstić information content (AvgIpc) is 2.46. The van der Waals surface area contributed by atoms with E-state index in [1.807, 2.05) is 0 Å². The van der Waals surface area contributed by atoms with Crippen molar-refractivity contribution in [1.82, 2.24) is 9.21 Å². The summed E-state index contributed by atoms with van der Waals surface area (Å²) in [4.78, 5) is 12.9. The number of methoxy groups -OCH3 is 1. The lowest BCUT2D eigenvalue weighted by Crippen LogP contribution is -2.49. The summed E-state index contributed by atoms with van der Waals surface area (Å²) in [6, 6.07) is 2.74. The second-order valence-corrected chi connectivity index (χ2v) is 7.58. The molecule has 1 aliphatic heterocycles. The van der Waals surface area contributed by atoms with Crippen molar-refractivity contribution >= 4 is 39.1 Å². The van der Waals surface area contributed by atoms with Gasteiger partial charge in [0.1, 0.15) is 4.90 Å². The summed E-state index contributed by atoms with van der Waals surface area (Å²) in [7, 11) is -2.45. The van der Waals surface area contributed by atoms with E-state index in [1.165, 1.54) is 30.5 Å². The molecule has 0 unspecified atom stereocenters. The van der Waals surface area contributed by atoms with Crippen LogP contribution in [0.5, 0.6) is 5.75 Å². The third kappa shape index (κ3) is 3.32. The van der Waals surface area contributed by atoms with Gasteiger partial charge in [0.15, 0.2) is 5.75 Å². The van der Waals surface area contributed by atoms with Gasteiger partial charge in [-0.1, -0.05) is 23.2 Å². The molecule has 0 radical (unpaired) electrons. The molecule has 0 aromatic heterocycles. The van der Waals surface area contributed by atoms with Crippen LogP contribution in [-0.2, 0) is 14.8 Å².